The molecule has 0 unspecified atom stereocenters. The van der Waals surface area contributed by atoms with E-state index in [1.54, 1.807) is 0 Å². The van der Waals surface area contributed by atoms with Crippen LogP contribution in [0.4, 0.5) is 10.1 Å². The summed E-state index contributed by atoms with van der Waals surface area (Å²) in [6.07, 6.45) is 2.65. The minimum absolute atomic E-state index is 0.188. The Hall–Kier alpha value is -2.70. The molecule has 92 valence electrons. The number of carboxylic acid groups (broad SMARTS) is 1. The summed E-state index contributed by atoms with van der Waals surface area (Å²) >= 11 is 0. The Morgan fingerprint density at radius 1 is 1.39 bits per heavy atom. The van der Waals surface area contributed by atoms with Crippen LogP contribution in [-0.2, 0) is 0 Å². The highest BCUT2D eigenvalue weighted by Crippen LogP contribution is 2.15. The first kappa shape index (κ1) is 11.8. The molecule has 1 aromatic carbocycles. The number of hydrogen-bond donors (Lipinski definition) is 3. The highest BCUT2D eigenvalue weighted by atomic mass is 19.1. The number of aromatic amines is 1. The summed E-state index contributed by atoms with van der Waals surface area (Å²) in [5, 5.41) is 11.2. The smallest absolute Gasteiger partial charge is 0.338 e. The highest BCUT2D eigenvalue weighted by Gasteiger charge is 2.13. The van der Waals surface area contributed by atoms with Gasteiger partial charge in [0.05, 0.1) is 18.1 Å². The number of H-pyrrole nitrogens is 1. The van der Waals surface area contributed by atoms with Crippen molar-refractivity contribution in [1.29, 1.82) is 0 Å². The van der Waals surface area contributed by atoms with Gasteiger partial charge in [-0.1, -0.05) is 0 Å². The molecule has 0 fully saturated rings. The third-order valence-electron chi connectivity index (χ3n) is 2.20. The summed E-state index contributed by atoms with van der Waals surface area (Å²) in [4.78, 5) is 28.6. The third-order valence-corrected chi connectivity index (χ3v) is 2.20. The number of carbonyl (C=O) groups is 2. The van der Waals surface area contributed by atoms with E-state index in [1.807, 2.05) is 0 Å². The fourth-order valence-corrected chi connectivity index (χ4v) is 1.35. The number of nitrogens with one attached hydrogen (secondary N) is 2. The second kappa shape index (κ2) is 4.66. The molecule has 18 heavy (non-hydrogen) atoms. The Labute approximate surface area is 100 Å². The number of imidazole rings is 1. The standard InChI is InChI=1S/C11H8FN3O3/c12-8-2-1-6(3-7(8)11(17)18)15-10(16)9-4-13-5-14-9/h1-5H,(H,13,14)(H,15,16)(H,17,18). The summed E-state index contributed by atoms with van der Waals surface area (Å²) in [7, 11) is 0. The fourth-order valence-electron chi connectivity index (χ4n) is 1.35. The number of amides is 1. The van der Waals surface area contributed by atoms with Gasteiger partial charge in [0.1, 0.15) is 11.5 Å². The lowest BCUT2D eigenvalue weighted by Gasteiger charge is -2.05. The lowest BCUT2D eigenvalue weighted by molar-refractivity contribution is 0.0691. The molecule has 0 aliphatic rings. The molecule has 3 N–H and O–H groups in total. The average Bonchev–Trinajstić information content (AvgIpc) is 2.85. The highest BCUT2D eigenvalue weighted by molar-refractivity contribution is 6.03. The van der Waals surface area contributed by atoms with E-state index in [4.69, 9.17) is 5.11 Å². The van der Waals surface area contributed by atoms with E-state index < -0.39 is 23.3 Å². The first-order chi connectivity index (χ1) is 8.58. The van der Waals surface area contributed by atoms with E-state index in [-0.39, 0.29) is 11.4 Å². The molecule has 0 aliphatic carbocycles. The topological polar surface area (TPSA) is 95.1 Å². The van der Waals surface area contributed by atoms with Crippen LogP contribution in [0.5, 0.6) is 0 Å². The summed E-state index contributed by atoms with van der Waals surface area (Å²) in [6, 6.07) is 3.30. The van der Waals surface area contributed by atoms with Crippen molar-refractivity contribution in [3.8, 4) is 0 Å². The number of aromatic carboxylic acids is 1. The van der Waals surface area contributed by atoms with Crippen molar-refractivity contribution in [1.82, 2.24) is 9.97 Å². The van der Waals surface area contributed by atoms with Gasteiger partial charge >= 0.3 is 5.97 Å². The van der Waals surface area contributed by atoms with E-state index in [0.29, 0.717) is 0 Å². The first-order valence-electron chi connectivity index (χ1n) is 4.90. The minimum atomic E-state index is -1.40. The van der Waals surface area contributed by atoms with Crippen molar-refractivity contribution in [2.75, 3.05) is 5.32 Å². The van der Waals surface area contributed by atoms with Crippen LogP contribution in [-0.4, -0.2) is 27.0 Å². The molecule has 0 atom stereocenters. The Kier molecular flexibility index (Phi) is 3.05. The first-order valence-corrected chi connectivity index (χ1v) is 4.90. The van der Waals surface area contributed by atoms with Gasteiger partial charge in [-0.3, -0.25) is 4.79 Å². The molecule has 2 rings (SSSR count). The number of aromatic nitrogens is 2. The molecular weight excluding hydrogens is 241 g/mol. The van der Waals surface area contributed by atoms with Crippen molar-refractivity contribution < 1.29 is 19.1 Å². The molecule has 1 aromatic heterocycles. The minimum Gasteiger partial charge on any atom is -0.478 e. The molecule has 0 aliphatic heterocycles. The molecular formula is C11H8FN3O3. The van der Waals surface area contributed by atoms with Crippen LogP contribution in [0.25, 0.3) is 0 Å². The SMILES string of the molecule is O=C(Nc1ccc(F)c(C(=O)O)c1)c1cnc[nH]1. The van der Waals surface area contributed by atoms with E-state index >= 15 is 0 Å². The third kappa shape index (κ3) is 2.34. The Morgan fingerprint density at radius 3 is 2.78 bits per heavy atom. The van der Waals surface area contributed by atoms with E-state index in [1.165, 1.54) is 18.6 Å². The number of carbonyl (C=O) groups excluding carboxylic acids is 1. The molecule has 1 heterocycles. The predicted octanol–water partition coefficient (Wildman–Crippen LogP) is 1.50. The Bertz CT molecular complexity index is 596. The number of carboxylic acids is 1. The summed E-state index contributed by atoms with van der Waals surface area (Å²) in [5.74, 6) is -2.75. The molecule has 2 aromatic rings. The maximum atomic E-state index is 13.1. The number of nitrogens with zero attached hydrogens (tertiary/aromatic N) is 1. The zero-order valence-electron chi connectivity index (χ0n) is 8.98. The summed E-state index contributed by atoms with van der Waals surface area (Å²) in [6.45, 7) is 0. The molecule has 7 heteroatoms. The zero-order valence-corrected chi connectivity index (χ0v) is 8.98. The van der Waals surface area contributed by atoms with Crippen molar-refractivity contribution >= 4 is 17.6 Å². The van der Waals surface area contributed by atoms with Gasteiger partial charge in [-0.2, -0.15) is 0 Å². The number of hydrogen-bond acceptors (Lipinski definition) is 3. The number of benzene rings is 1. The van der Waals surface area contributed by atoms with Gasteiger partial charge in [0.25, 0.3) is 5.91 Å². The van der Waals surface area contributed by atoms with Gasteiger partial charge < -0.3 is 15.4 Å². The average molecular weight is 249 g/mol. The maximum Gasteiger partial charge on any atom is 0.338 e. The Morgan fingerprint density at radius 2 is 2.17 bits per heavy atom. The molecule has 0 spiro atoms. The quantitative estimate of drug-likeness (QED) is 0.768. The molecule has 1 amide bonds. The van der Waals surface area contributed by atoms with Crippen LogP contribution < -0.4 is 5.32 Å². The second-order valence-electron chi connectivity index (χ2n) is 3.42. The van der Waals surface area contributed by atoms with Gasteiger partial charge in [0.2, 0.25) is 0 Å². The van der Waals surface area contributed by atoms with Crippen molar-refractivity contribution in [2.45, 2.75) is 0 Å². The normalized spacial score (nSPS) is 10.1. The maximum absolute atomic E-state index is 13.1. The van der Waals surface area contributed by atoms with Crippen molar-refractivity contribution in [3.05, 3.63) is 47.8 Å². The van der Waals surface area contributed by atoms with Gasteiger partial charge in [-0.25, -0.2) is 14.2 Å². The van der Waals surface area contributed by atoms with Crippen LogP contribution in [0.3, 0.4) is 0 Å². The monoisotopic (exact) mass is 249 g/mol. The molecule has 0 bridgehead atoms. The number of anilines is 1. The fraction of sp³-hybridized carbons (Fsp3) is 0. The number of halogens is 1. The summed E-state index contributed by atoms with van der Waals surface area (Å²) < 4.78 is 13.1. The van der Waals surface area contributed by atoms with E-state index in [2.05, 4.69) is 15.3 Å². The lowest BCUT2D eigenvalue weighted by Crippen LogP contribution is -2.13. The second-order valence-corrected chi connectivity index (χ2v) is 3.42. The van der Waals surface area contributed by atoms with Crippen molar-refractivity contribution in [2.24, 2.45) is 0 Å². The Balaban J connectivity index is 2.22. The van der Waals surface area contributed by atoms with Crippen LogP contribution in [0, 0.1) is 5.82 Å². The predicted molar refractivity (Wildman–Crippen MR) is 59.9 cm³/mol. The summed E-state index contributed by atoms with van der Waals surface area (Å²) in [5.41, 5.74) is -0.0954. The van der Waals surface area contributed by atoms with Crippen LogP contribution in [0.1, 0.15) is 20.8 Å². The number of rotatable bonds is 3. The molecule has 0 saturated carbocycles. The van der Waals surface area contributed by atoms with Gasteiger partial charge in [-0.15, -0.1) is 0 Å². The van der Waals surface area contributed by atoms with Gasteiger partial charge in [-0.05, 0) is 18.2 Å². The van der Waals surface area contributed by atoms with Gasteiger partial charge in [0, 0.05) is 5.69 Å². The lowest BCUT2D eigenvalue weighted by atomic mass is 10.2. The van der Waals surface area contributed by atoms with Crippen LogP contribution in [0.15, 0.2) is 30.7 Å². The zero-order chi connectivity index (χ0) is 13.1. The van der Waals surface area contributed by atoms with Gasteiger partial charge in [0.15, 0.2) is 0 Å². The van der Waals surface area contributed by atoms with Crippen molar-refractivity contribution in [3.63, 3.8) is 0 Å². The van der Waals surface area contributed by atoms with Crippen LogP contribution >= 0.6 is 0 Å². The van der Waals surface area contributed by atoms with E-state index in [9.17, 15) is 14.0 Å². The molecule has 6 nitrogen and oxygen atoms in total. The van der Waals surface area contributed by atoms with E-state index in [0.717, 1.165) is 12.1 Å². The largest absolute Gasteiger partial charge is 0.478 e. The van der Waals surface area contributed by atoms with Crippen LogP contribution in [0.2, 0.25) is 0 Å². The molecule has 0 radical (unpaired) electrons. The molecule has 0 saturated heterocycles.